The van der Waals surface area contributed by atoms with Gasteiger partial charge in [0.25, 0.3) is 0 Å². The maximum atomic E-state index is 5.61. The van der Waals surface area contributed by atoms with Crippen molar-refractivity contribution < 1.29 is 9.26 Å². The van der Waals surface area contributed by atoms with Gasteiger partial charge in [-0.15, -0.1) is 12.4 Å². The molecule has 5 nitrogen and oxygen atoms in total. The van der Waals surface area contributed by atoms with Crippen molar-refractivity contribution in [1.82, 2.24) is 15.5 Å². The summed E-state index contributed by atoms with van der Waals surface area (Å²) < 4.78 is 10.9. The van der Waals surface area contributed by atoms with Gasteiger partial charge in [0, 0.05) is 18.7 Å². The van der Waals surface area contributed by atoms with Gasteiger partial charge in [-0.05, 0) is 0 Å². The van der Waals surface area contributed by atoms with E-state index >= 15 is 0 Å². The van der Waals surface area contributed by atoms with E-state index in [0.29, 0.717) is 18.1 Å². The van der Waals surface area contributed by atoms with Crippen LogP contribution in [0.4, 0.5) is 0 Å². The van der Waals surface area contributed by atoms with Crippen LogP contribution in [0.1, 0.15) is 5.89 Å². The van der Waals surface area contributed by atoms with E-state index in [0.717, 1.165) is 25.3 Å². The van der Waals surface area contributed by atoms with E-state index in [1.54, 1.807) is 0 Å². The van der Waals surface area contributed by atoms with Crippen LogP contribution < -0.4 is 5.32 Å². The number of hydrogen-bond donors (Lipinski definition) is 1. The largest absolute Gasteiger partial charge is 0.375 e. The Morgan fingerprint density at radius 1 is 1.26 bits per heavy atom. The van der Waals surface area contributed by atoms with Gasteiger partial charge in [-0.2, -0.15) is 4.98 Å². The topological polar surface area (TPSA) is 60.2 Å². The molecule has 1 unspecified atom stereocenters. The third-order valence-corrected chi connectivity index (χ3v) is 2.91. The molecule has 1 N–H and O–H groups in total. The lowest BCUT2D eigenvalue weighted by Crippen LogP contribution is -2.39. The van der Waals surface area contributed by atoms with Gasteiger partial charge < -0.3 is 14.6 Å². The summed E-state index contributed by atoms with van der Waals surface area (Å²) in [6.45, 7) is 2.49. The summed E-state index contributed by atoms with van der Waals surface area (Å²) >= 11 is 0. The molecule has 2 aromatic rings. The third-order valence-electron chi connectivity index (χ3n) is 2.91. The Hall–Kier alpha value is -1.43. The molecule has 102 valence electrons. The molecule has 3 rings (SSSR count). The van der Waals surface area contributed by atoms with Crippen molar-refractivity contribution in [3.63, 3.8) is 0 Å². The van der Waals surface area contributed by atoms with Crippen LogP contribution in [0.25, 0.3) is 11.4 Å². The quantitative estimate of drug-likeness (QED) is 0.928. The number of halogens is 1. The number of benzene rings is 1. The van der Waals surface area contributed by atoms with Crippen LogP contribution in [0.2, 0.25) is 0 Å². The van der Waals surface area contributed by atoms with Gasteiger partial charge in [-0.25, -0.2) is 0 Å². The molecule has 1 aromatic heterocycles. The molecule has 0 spiro atoms. The van der Waals surface area contributed by atoms with Gasteiger partial charge >= 0.3 is 0 Å². The van der Waals surface area contributed by atoms with Crippen molar-refractivity contribution in [1.29, 1.82) is 0 Å². The minimum atomic E-state index is 0. The van der Waals surface area contributed by atoms with Gasteiger partial charge in [0.15, 0.2) is 0 Å². The highest BCUT2D eigenvalue weighted by atomic mass is 35.5. The number of rotatable bonds is 3. The fourth-order valence-corrected chi connectivity index (χ4v) is 1.99. The van der Waals surface area contributed by atoms with E-state index in [1.807, 2.05) is 30.3 Å². The first kappa shape index (κ1) is 14.0. The minimum Gasteiger partial charge on any atom is -0.375 e. The maximum absolute atomic E-state index is 5.61. The van der Waals surface area contributed by atoms with E-state index < -0.39 is 0 Å². The molecule has 0 saturated carbocycles. The molecule has 2 heterocycles. The summed E-state index contributed by atoms with van der Waals surface area (Å²) in [5.41, 5.74) is 0.968. The fraction of sp³-hybridized carbons (Fsp3) is 0.385. The van der Waals surface area contributed by atoms with E-state index in [1.165, 1.54) is 0 Å². The first-order valence-electron chi connectivity index (χ1n) is 6.12. The fourth-order valence-electron chi connectivity index (χ4n) is 1.99. The van der Waals surface area contributed by atoms with Gasteiger partial charge in [0.1, 0.15) is 0 Å². The maximum Gasteiger partial charge on any atom is 0.229 e. The lowest BCUT2D eigenvalue weighted by Gasteiger charge is -2.21. The number of nitrogens with zero attached hydrogens (tertiary/aromatic N) is 2. The van der Waals surface area contributed by atoms with E-state index in [4.69, 9.17) is 9.26 Å². The van der Waals surface area contributed by atoms with Crippen LogP contribution >= 0.6 is 12.4 Å². The Morgan fingerprint density at radius 3 is 2.84 bits per heavy atom. The zero-order valence-corrected chi connectivity index (χ0v) is 11.2. The molecule has 1 saturated heterocycles. The second-order valence-corrected chi connectivity index (χ2v) is 4.28. The second-order valence-electron chi connectivity index (χ2n) is 4.28. The van der Waals surface area contributed by atoms with Gasteiger partial charge in [0.05, 0.1) is 19.1 Å². The monoisotopic (exact) mass is 281 g/mol. The first-order chi connectivity index (χ1) is 8.92. The number of morpholine rings is 1. The Kier molecular flexibility index (Phi) is 4.90. The van der Waals surface area contributed by atoms with Crippen molar-refractivity contribution in [3.8, 4) is 11.4 Å². The van der Waals surface area contributed by atoms with Crippen molar-refractivity contribution in [2.45, 2.75) is 12.5 Å². The molecule has 1 aliphatic heterocycles. The molecule has 0 bridgehead atoms. The molecule has 1 atom stereocenters. The molecular formula is C13H16ClN3O2. The third kappa shape index (κ3) is 3.53. The van der Waals surface area contributed by atoms with Gasteiger partial charge in [-0.1, -0.05) is 35.5 Å². The molecule has 0 aliphatic carbocycles. The summed E-state index contributed by atoms with van der Waals surface area (Å²) in [5.74, 6) is 1.26. The summed E-state index contributed by atoms with van der Waals surface area (Å²) in [4.78, 5) is 4.39. The molecular weight excluding hydrogens is 266 g/mol. The molecule has 1 aliphatic rings. The predicted octanol–water partition coefficient (Wildman–Crippen LogP) is 1.69. The zero-order valence-electron chi connectivity index (χ0n) is 10.4. The highest BCUT2D eigenvalue weighted by molar-refractivity contribution is 5.85. The molecule has 19 heavy (non-hydrogen) atoms. The molecule has 6 heteroatoms. The Morgan fingerprint density at radius 2 is 2.11 bits per heavy atom. The Bertz CT molecular complexity index is 498. The van der Waals surface area contributed by atoms with E-state index in [-0.39, 0.29) is 18.5 Å². The van der Waals surface area contributed by atoms with Crippen LogP contribution in [0, 0.1) is 0 Å². The lowest BCUT2D eigenvalue weighted by atomic mass is 10.2. The van der Waals surface area contributed by atoms with E-state index in [9.17, 15) is 0 Å². The number of nitrogens with one attached hydrogen (secondary N) is 1. The summed E-state index contributed by atoms with van der Waals surface area (Å²) in [5, 5.41) is 7.27. The normalized spacial score (nSPS) is 18.8. The molecule has 0 radical (unpaired) electrons. The molecule has 0 amide bonds. The SMILES string of the molecule is Cl.c1ccc(-c2noc(CC3CNCCO3)n2)cc1. The van der Waals surface area contributed by atoms with Crippen LogP contribution in [0.5, 0.6) is 0 Å². The first-order valence-corrected chi connectivity index (χ1v) is 6.12. The standard InChI is InChI=1S/C13H15N3O2.ClH/c1-2-4-10(5-3-1)13-15-12(18-16-13)8-11-9-14-6-7-17-11;/h1-5,11,14H,6-9H2;1H. The van der Waals surface area contributed by atoms with Crippen molar-refractivity contribution in [2.24, 2.45) is 0 Å². The van der Waals surface area contributed by atoms with Crippen LogP contribution in [0.15, 0.2) is 34.9 Å². The molecule has 1 aromatic carbocycles. The number of hydrogen-bond acceptors (Lipinski definition) is 5. The highest BCUT2D eigenvalue weighted by Crippen LogP contribution is 2.16. The minimum absolute atomic E-state index is 0. The zero-order chi connectivity index (χ0) is 12.2. The van der Waals surface area contributed by atoms with Crippen LogP contribution in [-0.4, -0.2) is 35.9 Å². The van der Waals surface area contributed by atoms with Crippen LogP contribution in [-0.2, 0) is 11.2 Å². The van der Waals surface area contributed by atoms with Gasteiger partial charge in [-0.3, -0.25) is 0 Å². The second kappa shape index (κ2) is 6.65. The Balaban J connectivity index is 0.00000133. The number of aromatic nitrogens is 2. The number of ether oxygens (including phenoxy) is 1. The lowest BCUT2D eigenvalue weighted by molar-refractivity contribution is 0.0246. The van der Waals surface area contributed by atoms with Crippen molar-refractivity contribution in [2.75, 3.05) is 19.7 Å². The average Bonchev–Trinajstić information content (AvgIpc) is 2.89. The molecule has 1 fully saturated rings. The van der Waals surface area contributed by atoms with E-state index in [2.05, 4.69) is 15.5 Å². The summed E-state index contributed by atoms with van der Waals surface area (Å²) in [6, 6.07) is 9.81. The predicted molar refractivity (Wildman–Crippen MR) is 73.3 cm³/mol. The van der Waals surface area contributed by atoms with Crippen LogP contribution in [0.3, 0.4) is 0 Å². The smallest absolute Gasteiger partial charge is 0.229 e. The Labute approximate surface area is 117 Å². The highest BCUT2D eigenvalue weighted by Gasteiger charge is 2.18. The summed E-state index contributed by atoms with van der Waals surface area (Å²) in [6.07, 6.45) is 0.787. The van der Waals surface area contributed by atoms with Crippen molar-refractivity contribution >= 4 is 12.4 Å². The average molecular weight is 282 g/mol. The summed E-state index contributed by atoms with van der Waals surface area (Å²) in [7, 11) is 0. The van der Waals surface area contributed by atoms with Crippen molar-refractivity contribution in [3.05, 3.63) is 36.2 Å². The van der Waals surface area contributed by atoms with Gasteiger partial charge in [0.2, 0.25) is 11.7 Å².